The minimum Gasteiger partial charge on any atom is -0.464 e. The maximum atomic E-state index is 5.64. The fraction of sp³-hybridized carbons (Fsp3) is 0.375. The van der Waals surface area contributed by atoms with Crippen molar-refractivity contribution in [1.82, 2.24) is 0 Å². The van der Waals surface area contributed by atoms with Crippen LogP contribution in [-0.2, 0) is 11.3 Å². The van der Waals surface area contributed by atoms with Crippen LogP contribution in [0.4, 0.5) is 5.69 Å². The summed E-state index contributed by atoms with van der Waals surface area (Å²) in [6, 6.07) is 12.3. The third-order valence-electron chi connectivity index (χ3n) is 3.04. The molecular weight excluding hydrogens is 238 g/mol. The van der Waals surface area contributed by atoms with Crippen LogP contribution in [0.3, 0.4) is 0 Å². The molecule has 0 aliphatic heterocycles. The van der Waals surface area contributed by atoms with Gasteiger partial charge in [-0.25, -0.2) is 0 Å². The number of hydrogen-bond acceptors (Lipinski definition) is 3. The average molecular weight is 259 g/mol. The van der Waals surface area contributed by atoms with Crippen LogP contribution in [0.5, 0.6) is 0 Å². The molecule has 1 aromatic heterocycles. The van der Waals surface area contributed by atoms with Crippen molar-refractivity contribution >= 4 is 5.69 Å². The van der Waals surface area contributed by atoms with Gasteiger partial charge in [0.05, 0.1) is 12.6 Å². The van der Waals surface area contributed by atoms with Crippen LogP contribution in [0.25, 0.3) is 0 Å². The number of para-hydroxylation sites is 1. The lowest BCUT2D eigenvalue weighted by atomic mass is 10.1. The van der Waals surface area contributed by atoms with E-state index in [1.807, 2.05) is 38.1 Å². The lowest BCUT2D eigenvalue weighted by Crippen LogP contribution is -2.08. The van der Waals surface area contributed by atoms with Gasteiger partial charge >= 0.3 is 0 Å². The van der Waals surface area contributed by atoms with E-state index in [-0.39, 0.29) is 6.04 Å². The van der Waals surface area contributed by atoms with Gasteiger partial charge in [-0.05, 0) is 39.0 Å². The highest BCUT2D eigenvalue weighted by molar-refractivity contribution is 5.51. The first-order valence-corrected chi connectivity index (χ1v) is 6.69. The second kappa shape index (κ2) is 6.43. The van der Waals surface area contributed by atoms with Crippen molar-refractivity contribution in [3.8, 4) is 0 Å². The Bertz CT molecular complexity index is 519. The highest BCUT2D eigenvalue weighted by Crippen LogP contribution is 2.24. The van der Waals surface area contributed by atoms with Gasteiger partial charge in [0, 0.05) is 17.9 Å². The molecule has 2 aromatic rings. The maximum Gasteiger partial charge on any atom is 0.126 e. The highest BCUT2D eigenvalue weighted by atomic mass is 16.5. The van der Waals surface area contributed by atoms with Gasteiger partial charge in [0.25, 0.3) is 0 Å². The first-order chi connectivity index (χ1) is 9.20. The Morgan fingerprint density at radius 2 is 2.00 bits per heavy atom. The molecule has 1 N–H and O–H groups in total. The van der Waals surface area contributed by atoms with E-state index in [9.17, 15) is 0 Å². The SMILES string of the molecule is CCOCc1ccccc1NC(C)c1ccc(C)o1. The van der Waals surface area contributed by atoms with Crippen molar-refractivity contribution in [2.75, 3.05) is 11.9 Å². The predicted molar refractivity (Wildman–Crippen MR) is 77.3 cm³/mol. The molecule has 19 heavy (non-hydrogen) atoms. The van der Waals surface area contributed by atoms with Gasteiger partial charge < -0.3 is 14.5 Å². The number of aryl methyl sites for hydroxylation is 1. The van der Waals surface area contributed by atoms with E-state index in [2.05, 4.69) is 24.4 Å². The second-order valence-corrected chi connectivity index (χ2v) is 4.61. The van der Waals surface area contributed by atoms with Gasteiger partial charge in [-0.2, -0.15) is 0 Å². The van der Waals surface area contributed by atoms with Gasteiger partial charge in [0.15, 0.2) is 0 Å². The van der Waals surface area contributed by atoms with Gasteiger partial charge in [0.2, 0.25) is 0 Å². The Labute approximate surface area is 114 Å². The lowest BCUT2D eigenvalue weighted by Gasteiger charge is -2.16. The molecule has 0 radical (unpaired) electrons. The van der Waals surface area contributed by atoms with Crippen LogP contribution in [0.15, 0.2) is 40.8 Å². The minimum absolute atomic E-state index is 0.136. The molecule has 0 spiro atoms. The molecule has 102 valence electrons. The third-order valence-corrected chi connectivity index (χ3v) is 3.04. The zero-order valence-electron chi connectivity index (χ0n) is 11.8. The van der Waals surface area contributed by atoms with Crippen LogP contribution < -0.4 is 5.32 Å². The molecule has 0 aliphatic rings. The second-order valence-electron chi connectivity index (χ2n) is 4.61. The topological polar surface area (TPSA) is 34.4 Å². The molecule has 2 rings (SSSR count). The average Bonchev–Trinajstić information content (AvgIpc) is 2.84. The maximum absolute atomic E-state index is 5.64. The molecule has 1 heterocycles. The zero-order chi connectivity index (χ0) is 13.7. The third kappa shape index (κ3) is 3.61. The predicted octanol–water partition coefficient (Wildman–Crippen LogP) is 4.30. The Kier molecular flexibility index (Phi) is 4.63. The summed E-state index contributed by atoms with van der Waals surface area (Å²) in [4.78, 5) is 0. The van der Waals surface area contributed by atoms with Crippen LogP contribution >= 0.6 is 0 Å². The number of furan rings is 1. The van der Waals surface area contributed by atoms with Gasteiger partial charge in [-0.3, -0.25) is 0 Å². The van der Waals surface area contributed by atoms with E-state index in [0.29, 0.717) is 6.61 Å². The zero-order valence-corrected chi connectivity index (χ0v) is 11.8. The van der Waals surface area contributed by atoms with Crippen LogP contribution in [0.1, 0.15) is 37.0 Å². The Balaban J connectivity index is 2.09. The normalized spacial score (nSPS) is 12.4. The number of ether oxygens (including phenoxy) is 1. The molecule has 0 fully saturated rings. The number of nitrogens with one attached hydrogen (secondary N) is 1. The smallest absolute Gasteiger partial charge is 0.126 e. The van der Waals surface area contributed by atoms with Crippen molar-refractivity contribution in [3.05, 3.63) is 53.5 Å². The molecule has 3 heteroatoms. The van der Waals surface area contributed by atoms with Gasteiger partial charge in [-0.1, -0.05) is 18.2 Å². The molecule has 3 nitrogen and oxygen atoms in total. The standard InChI is InChI=1S/C16H21NO2/c1-4-18-11-14-7-5-6-8-15(14)17-13(3)16-10-9-12(2)19-16/h5-10,13,17H,4,11H2,1-3H3. The lowest BCUT2D eigenvalue weighted by molar-refractivity contribution is 0.134. The van der Waals surface area contributed by atoms with Gasteiger partial charge in [-0.15, -0.1) is 0 Å². The first kappa shape index (κ1) is 13.7. The number of rotatable bonds is 6. The summed E-state index contributed by atoms with van der Waals surface area (Å²) in [5.41, 5.74) is 2.26. The first-order valence-electron chi connectivity index (χ1n) is 6.69. The number of benzene rings is 1. The monoisotopic (exact) mass is 259 g/mol. The largest absolute Gasteiger partial charge is 0.464 e. The molecule has 1 aromatic carbocycles. The van der Waals surface area contributed by atoms with E-state index >= 15 is 0 Å². The molecule has 0 aliphatic carbocycles. The summed E-state index contributed by atoms with van der Waals surface area (Å²) in [6.45, 7) is 7.41. The van der Waals surface area contributed by atoms with Crippen molar-refractivity contribution in [1.29, 1.82) is 0 Å². The Morgan fingerprint density at radius 3 is 2.68 bits per heavy atom. The van der Waals surface area contributed by atoms with Crippen LogP contribution in [0.2, 0.25) is 0 Å². The summed E-state index contributed by atoms with van der Waals surface area (Å²) in [5, 5.41) is 3.48. The van der Waals surface area contributed by atoms with Crippen molar-refractivity contribution in [3.63, 3.8) is 0 Å². The molecule has 0 amide bonds. The van der Waals surface area contributed by atoms with E-state index in [0.717, 1.165) is 23.8 Å². The Hall–Kier alpha value is -1.74. The fourth-order valence-corrected chi connectivity index (χ4v) is 1.99. The summed E-state index contributed by atoms with van der Waals surface area (Å²) >= 11 is 0. The van der Waals surface area contributed by atoms with Crippen molar-refractivity contribution in [2.45, 2.75) is 33.4 Å². The number of hydrogen-bond donors (Lipinski definition) is 1. The summed E-state index contributed by atoms with van der Waals surface area (Å²) in [7, 11) is 0. The minimum atomic E-state index is 0.136. The van der Waals surface area contributed by atoms with Crippen LogP contribution in [-0.4, -0.2) is 6.61 Å². The summed E-state index contributed by atoms with van der Waals surface area (Å²) in [5.74, 6) is 1.88. The van der Waals surface area contributed by atoms with Crippen LogP contribution in [0, 0.1) is 6.92 Å². The van der Waals surface area contributed by atoms with Gasteiger partial charge in [0.1, 0.15) is 11.5 Å². The molecule has 0 saturated heterocycles. The fourth-order valence-electron chi connectivity index (χ4n) is 1.99. The van der Waals surface area contributed by atoms with E-state index in [4.69, 9.17) is 9.15 Å². The van der Waals surface area contributed by atoms with Crippen molar-refractivity contribution in [2.24, 2.45) is 0 Å². The molecule has 0 bridgehead atoms. The Morgan fingerprint density at radius 1 is 1.21 bits per heavy atom. The molecule has 1 unspecified atom stereocenters. The highest BCUT2D eigenvalue weighted by Gasteiger charge is 2.11. The number of anilines is 1. The van der Waals surface area contributed by atoms with E-state index in [1.165, 1.54) is 5.56 Å². The van der Waals surface area contributed by atoms with Crippen molar-refractivity contribution < 1.29 is 9.15 Å². The summed E-state index contributed by atoms with van der Waals surface area (Å²) in [6.07, 6.45) is 0. The quantitative estimate of drug-likeness (QED) is 0.840. The molecule has 0 saturated carbocycles. The summed E-state index contributed by atoms with van der Waals surface area (Å²) < 4.78 is 11.1. The molecule has 1 atom stereocenters. The van der Waals surface area contributed by atoms with E-state index < -0.39 is 0 Å². The van der Waals surface area contributed by atoms with E-state index in [1.54, 1.807) is 0 Å². The molecular formula is C16H21NO2.